The Labute approximate surface area is 170 Å². The number of halogens is 3. The molecule has 2 aliphatic heterocycles. The zero-order chi connectivity index (χ0) is 21.3. The van der Waals surface area contributed by atoms with Crippen LogP contribution in [0, 0.1) is 0 Å². The Hall–Kier alpha value is -3.23. The van der Waals surface area contributed by atoms with Gasteiger partial charge in [0, 0.05) is 31.5 Å². The van der Waals surface area contributed by atoms with E-state index in [0.29, 0.717) is 48.7 Å². The Morgan fingerprint density at radius 1 is 1.10 bits per heavy atom. The molecule has 0 atom stereocenters. The first-order chi connectivity index (χ1) is 14.3. The second-order valence-corrected chi connectivity index (χ2v) is 7.18. The number of likely N-dealkylation sites (tertiary alicyclic amines) is 1. The SMILES string of the molecule is O=C1COc2ccc(C(=O)N3CCC(Oc4ccc(C(F)(F)F)cc4)CC3)cc2N1. The maximum Gasteiger partial charge on any atom is 0.416 e. The van der Waals surface area contributed by atoms with Crippen molar-refractivity contribution in [2.24, 2.45) is 0 Å². The monoisotopic (exact) mass is 420 g/mol. The largest absolute Gasteiger partial charge is 0.490 e. The van der Waals surface area contributed by atoms with Crippen LogP contribution in [0.3, 0.4) is 0 Å². The lowest BCUT2D eigenvalue weighted by Crippen LogP contribution is -2.41. The topological polar surface area (TPSA) is 67.9 Å². The van der Waals surface area contributed by atoms with E-state index in [-0.39, 0.29) is 24.5 Å². The van der Waals surface area contributed by atoms with Crippen molar-refractivity contribution in [3.63, 3.8) is 0 Å². The summed E-state index contributed by atoms with van der Waals surface area (Å²) in [6, 6.07) is 9.51. The molecule has 2 heterocycles. The van der Waals surface area contributed by atoms with Crippen molar-refractivity contribution in [1.29, 1.82) is 0 Å². The number of piperidine rings is 1. The molecule has 30 heavy (non-hydrogen) atoms. The molecule has 1 saturated heterocycles. The summed E-state index contributed by atoms with van der Waals surface area (Å²) < 4.78 is 49.0. The van der Waals surface area contributed by atoms with Crippen LogP contribution in [0.2, 0.25) is 0 Å². The fourth-order valence-corrected chi connectivity index (χ4v) is 3.49. The molecule has 0 aromatic heterocycles. The van der Waals surface area contributed by atoms with Crippen molar-refractivity contribution < 1.29 is 32.2 Å². The van der Waals surface area contributed by atoms with Crippen LogP contribution in [0.25, 0.3) is 0 Å². The van der Waals surface area contributed by atoms with Crippen molar-refractivity contribution in [3.05, 3.63) is 53.6 Å². The average molecular weight is 420 g/mol. The van der Waals surface area contributed by atoms with Gasteiger partial charge in [-0.25, -0.2) is 0 Å². The summed E-state index contributed by atoms with van der Waals surface area (Å²) in [5, 5.41) is 2.68. The van der Waals surface area contributed by atoms with Gasteiger partial charge in [0.2, 0.25) is 0 Å². The molecule has 1 N–H and O–H groups in total. The van der Waals surface area contributed by atoms with Crippen LogP contribution in [-0.4, -0.2) is 42.5 Å². The molecule has 0 bridgehead atoms. The Morgan fingerprint density at radius 3 is 2.47 bits per heavy atom. The lowest BCUT2D eigenvalue weighted by molar-refractivity contribution is -0.137. The molecular formula is C21H19F3N2O4. The molecule has 2 amide bonds. The van der Waals surface area contributed by atoms with Gasteiger partial charge in [-0.1, -0.05) is 0 Å². The first kappa shape index (κ1) is 20.1. The molecule has 0 saturated carbocycles. The second kappa shape index (κ2) is 7.89. The van der Waals surface area contributed by atoms with Gasteiger partial charge >= 0.3 is 6.18 Å². The molecule has 2 aromatic rings. The maximum absolute atomic E-state index is 12.8. The van der Waals surface area contributed by atoms with Gasteiger partial charge in [0.05, 0.1) is 11.3 Å². The van der Waals surface area contributed by atoms with Gasteiger partial charge in [0.1, 0.15) is 17.6 Å². The van der Waals surface area contributed by atoms with Crippen LogP contribution >= 0.6 is 0 Å². The van der Waals surface area contributed by atoms with Crippen LogP contribution in [-0.2, 0) is 11.0 Å². The van der Waals surface area contributed by atoms with Crippen LogP contribution in [0.15, 0.2) is 42.5 Å². The zero-order valence-corrected chi connectivity index (χ0v) is 15.9. The molecule has 0 unspecified atom stereocenters. The first-order valence-corrected chi connectivity index (χ1v) is 9.49. The van der Waals surface area contributed by atoms with Gasteiger partial charge in [-0.3, -0.25) is 9.59 Å². The molecule has 0 spiro atoms. The number of nitrogens with zero attached hydrogens (tertiary/aromatic N) is 1. The third kappa shape index (κ3) is 4.34. The summed E-state index contributed by atoms with van der Waals surface area (Å²) in [5.74, 6) is 0.465. The summed E-state index contributed by atoms with van der Waals surface area (Å²) in [5.41, 5.74) is 0.196. The number of ether oxygens (including phenoxy) is 2. The first-order valence-electron chi connectivity index (χ1n) is 9.49. The summed E-state index contributed by atoms with van der Waals surface area (Å²) in [6.07, 6.45) is -3.42. The summed E-state index contributed by atoms with van der Waals surface area (Å²) in [4.78, 5) is 25.9. The summed E-state index contributed by atoms with van der Waals surface area (Å²) >= 11 is 0. The molecule has 9 heteroatoms. The highest BCUT2D eigenvalue weighted by Gasteiger charge is 2.30. The summed E-state index contributed by atoms with van der Waals surface area (Å²) in [6.45, 7) is 0.876. The maximum atomic E-state index is 12.8. The number of alkyl halides is 3. The minimum atomic E-state index is -4.38. The number of hydrogen-bond acceptors (Lipinski definition) is 4. The van der Waals surface area contributed by atoms with Gasteiger partial charge in [-0.05, 0) is 42.5 Å². The average Bonchev–Trinajstić information content (AvgIpc) is 2.73. The van der Waals surface area contributed by atoms with Crippen LogP contribution in [0.1, 0.15) is 28.8 Å². The second-order valence-electron chi connectivity index (χ2n) is 7.18. The predicted molar refractivity (Wildman–Crippen MR) is 102 cm³/mol. The molecule has 4 rings (SSSR count). The summed E-state index contributed by atoms with van der Waals surface area (Å²) in [7, 11) is 0. The minimum Gasteiger partial charge on any atom is -0.490 e. The number of rotatable bonds is 3. The molecule has 0 aliphatic carbocycles. The number of hydrogen-bond donors (Lipinski definition) is 1. The Kier molecular flexibility index (Phi) is 5.27. The van der Waals surface area contributed by atoms with E-state index in [2.05, 4.69) is 5.32 Å². The van der Waals surface area contributed by atoms with Crippen LogP contribution < -0.4 is 14.8 Å². The van der Waals surface area contributed by atoms with Crippen molar-refractivity contribution in [2.45, 2.75) is 25.1 Å². The van der Waals surface area contributed by atoms with Gasteiger partial charge in [-0.15, -0.1) is 0 Å². The molecule has 2 aromatic carbocycles. The third-order valence-electron chi connectivity index (χ3n) is 5.07. The lowest BCUT2D eigenvalue weighted by atomic mass is 10.1. The van der Waals surface area contributed by atoms with Crippen LogP contribution in [0.4, 0.5) is 18.9 Å². The van der Waals surface area contributed by atoms with Crippen molar-refractivity contribution in [1.82, 2.24) is 4.90 Å². The number of carbonyl (C=O) groups excluding carboxylic acids is 2. The Morgan fingerprint density at radius 2 is 1.80 bits per heavy atom. The van der Waals surface area contributed by atoms with E-state index >= 15 is 0 Å². The zero-order valence-electron chi connectivity index (χ0n) is 15.9. The number of fused-ring (bicyclic) bond motifs is 1. The smallest absolute Gasteiger partial charge is 0.416 e. The normalized spacial score (nSPS) is 17.0. The Balaban J connectivity index is 1.34. The Bertz CT molecular complexity index is 952. The fourth-order valence-electron chi connectivity index (χ4n) is 3.49. The molecule has 158 valence electrons. The van der Waals surface area contributed by atoms with E-state index in [1.807, 2.05) is 0 Å². The number of benzene rings is 2. The quantitative estimate of drug-likeness (QED) is 0.822. The van der Waals surface area contributed by atoms with Crippen LogP contribution in [0.5, 0.6) is 11.5 Å². The van der Waals surface area contributed by atoms with Gasteiger partial charge in [-0.2, -0.15) is 13.2 Å². The van der Waals surface area contributed by atoms with Crippen molar-refractivity contribution in [2.75, 3.05) is 25.0 Å². The standard InChI is InChI=1S/C21H19F3N2O4/c22-21(23,24)14-2-4-15(5-3-14)30-16-7-9-26(10-8-16)20(28)13-1-6-18-17(11-13)25-19(27)12-29-18/h1-6,11,16H,7-10,12H2,(H,25,27). The van der Waals surface area contributed by atoms with E-state index in [9.17, 15) is 22.8 Å². The number of amides is 2. The highest BCUT2D eigenvalue weighted by Crippen LogP contribution is 2.31. The minimum absolute atomic E-state index is 0.0489. The molecule has 6 nitrogen and oxygen atoms in total. The highest BCUT2D eigenvalue weighted by atomic mass is 19.4. The molecule has 2 aliphatic rings. The van der Waals surface area contributed by atoms with E-state index < -0.39 is 11.7 Å². The van der Waals surface area contributed by atoms with E-state index in [1.54, 1.807) is 23.1 Å². The van der Waals surface area contributed by atoms with Crippen molar-refractivity contribution in [3.8, 4) is 11.5 Å². The lowest BCUT2D eigenvalue weighted by Gasteiger charge is -2.32. The predicted octanol–water partition coefficient (Wildman–Crippen LogP) is 3.72. The number of carbonyl (C=O) groups is 2. The molecule has 1 fully saturated rings. The fraction of sp³-hybridized carbons (Fsp3) is 0.333. The third-order valence-corrected chi connectivity index (χ3v) is 5.07. The van der Waals surface area contributed by atoms with Gasteiger partial charge in [0.15, 0.2) is 6.61 Å². The number of anilines is 1. The number of nitrogens with one attached hydrogen (secondary N) is 1. The van der Waals surface area contributed by atoms with E-state index in [1.165, 1.54) is 12.1 Å². The van der Waals surface area contributed by atoms with Crippen molar-refractivity contribution >= 4 is 17.5 Å². The highest BCUT2D eigenvalue weighted by molar-refractivity contribution is 5.99. The van der Waals surface area contributed by atoms with E-state index in [4.69, 9.17) is 9.47 Å². The molecular weight excluding hydrogens is 401 g/mol. The van der Waals surface area contributed by atoms with E-state index in [0.717, 1.165) is 12.1 Å². The van der Waals surface area contributed by atoms with Gasteiger partial charge in [0.25, 0.3) is 11.8 Å². The van der Waals surface area contributed by atoms with Gasteiger partial charge < -0.3 is 19.7 Å². The molecule has 0 radical (unpaired) electrons.